The number of benzene rings is 15. The molecule has 562 valence electrons. The predicted octanol–water partition coefficient (Wildman–Crippen LogP) is 28.1. The Morgan fingerprint density at radius 3 is 1.08 bits per heavy atom. The van der Waals surface area contributed by atoms with Crippen LogP contribution in [0.1, 0.15) is 154 Å². The third-order valence-electron chi connectivity index (χ3n) is 25.2. The summed E-state index contributed by atoms with van der Waals surface area (Å²) in [5.41, 5.74) is 38.2. The summed E-state index contributed by atoms with van der Waals surface area (Å²) in [6, 6.07) is 129. The predicted molar refractivity (Wildman–Crippen MR) is 493 cm³/mol. The van der Waals surface area contributed by atoms with Gasteiger partial charge in [-0.15, -0.1) is 0 Å². The van der Waals surface area contributed by atoms with E-state index in [2.05, 4.69) is 452 Å². The second-order valence-electron chi connectivity index (χ2n) is 37.7. The van der Waals surface area contributed by atoms with Gasteiger partial charge in [-0.05, 0) is 211 Å². The van der Waals surface area contributed by atoms with Gasteiger partial charge in [-0.2, -0.15) is 0 Å². The van der Waals surface area contributed by atoms with Crippen LogP contribution in [0.25, 0.3) is 94.3 Å². The van der Waals surface area contributed by atoms with Crippen LogP contribution in [0.4, 0.5) is 34.1 Å². The molecule has 3 aliphatic rings. The van der Waals surface area contributed by atoms with Crippen molar-refractivity contribution in [2.75, 3.05) is 9.80 Å². The van der Waals surface area contributed by atoms with E-state index in [1.165, 1.54) is 127 Å². The number of rotatable bonds is 10. The van der Waals surface area contributed by atoms with Crippen LogP contribution in [0.5, 0.6) is 0 Å². The Morgan fingerprint density at radius 1 is 0.243 bits per heavy atom. The summed E-state index contributed by atoms with van der Waals surface area (Å²) in [4.78, 5) is 5.52. The fourth-order valence-electron chi connectivity index (χ4n) is 19.0. The van der Waals surface area contributed by atoms with E-state index < -0.39 is 5.41 Å². The molecule has 16 aromatic rings. The second kappa shape index (κ2) is 27.0. The van der Waals surface area contributed by atoms with E-state index in [1.807, 2.05) is 0 Å². The smallest absolute Gasteiger partial charge is 0.252 e. The Labute approximate surface area is 681 Å². The Kier molecular flexibility index (Phi) is 17.1. The standard InChI is InChI=1S/C111H100BN3/c1-106(2,3)79-58-76(59-80(61-79)107(4,5)6)75-54-56-95-99(60-75)114(104-87(71-38-22-16-23-39-71)62-81(108(7,8)9)63-88(104)72-40-24-17-25-41-72)101-66-83(110(13,14)15)67-102-103(101)112(95)96-57-55-84(68-100(96)115(102)105-89(73-42-26-18-27-43-73)64-82(109(10,11)12)65-90(105)74-44-28-19-29-45-74)113-97-53-37-35-51-86(97)92-69-91-85-50-34-36-52-93(85)111(94(91)70-98(92)113,77-46-30-20-31-47-77)78-48-32-21-33-49-78/h16-70H,1-15H3. The van der Waals surface area contributed by atoms with Crippen LogP contribution in [0, 0.1) is 0 Å². The zero-order valence-corrected chi connectivity index (χ0v) is 69.2. The van der Waals surface area contributed by atoms with E-state index in [1.54, 1.807) is 0 Å². The Balaban J connectivity index is 0.986. The Bertz CT molecular complexity index is 6320. The molecule has 15 aromatic carbocycles. The lowest BCUT2D eigenvalue weighted by Crippen LogP contribution is -2.61. The van der Waals surface area contributed by atoms with Crippen molar-refractivity contribution < 1.29 is 0 Å². The third kappa shape index (κ3) is 12.1. The zero-order chi connectivity index (χ0) is 79.4. The molecule has 0 amide bonds. The molecule has 0 saturated carbocycles. The van der Waals surface area contributed by atoms with Crippen molar-refractivity contribution in [1.82, 2.24) is 4.57 Å². The minimum atomic E-state index is -0.617. The van der Waals surface area contributed by atoms with Gasteiger partial charge in [0.1, 0.15) is 0 Å². The quantitative estimate of drug-likeness (QED) is 0.126. The largest absolute Gasteiger partial charge is 0.310 e. The number of para-hydroxylation sites is 1. The molecular weight excluding hydrogens is 1390 g/mol. The first-order chi connectivity index (χ1) is 55.2. The molecule has 115 heavy (non-hydrogen) atoms. The van der Waals surface area contributed by atoms with Crippen molar-refractivity contribution >= 4 is 79.0 Å². The molecule has 0 atom stereocenters. The lowest BCUT2D eigenvalue weighted by atomic mass is 9.33. The first-order valence-electron chi connectivity index (χ1n) is 41.3. The summed E-state index contributed by atoms with van der Waals surface area (Å²) in [6.45, 7) is 35.4. The van der Waals surface area contributed by atoms with Crippen molar-refractivity contribution in [3.63, 3.8) is 0 Å². The van der Waals surface area contributed by atoms with Crippen LogP contribution in [0.15, 0.2) is 334 Å². The maximum Gasteiger partial charge on any atom is 0.252 e. The summed E-state index contributed by atoms with van der Waals surface area (Å²) in [5.74, 6) is 0. The number of hydrogen-bond acceptors (Lipinski definition) is 2. The van der Waals surface area contributed by atoms with Crippen LogP contribution in [0.3, 0.4) is 0 Å². The number of anilines is 6. The molecular formula is C111H100BN3. The highest BCUT2D eigenvalue weighted by molar-refractivity contribution is 7.00. The number of hydrogen-bond donors (Lipinski definition) is 0. The van der Waals surface area contributed by atoms with Crippen LogP contribution in [-0.4, -0.2) is 11.3 Å². The molecule has 3 nitrogen and oxygen atoms in total. The average Bonchev–Trinajstić information content (AvgIpc) is 1.60. The van der Waals surface area contributed by atoms with Gasteiger partial charge in [0.25, 0.3) is 6.71 Å². The normalized spacial score (nSPS) is 13.7. The molecule has 2 aliphatic heterocycles. The topological polar surface area (TPSA) is 11.4 Å². The van der Waals surface area contributed by atoms with Crippen LogP contribution < -0.4 is 26.2 Å². The molecule has 1 aliphatic carbocycles. The van der Waals surface area contributed by atoms with Crippen molar-refractivity contribution in [3.8, 4) is 72.4 Å². The monoisotopic (exact) mass is 1490 g/mol. The van der Waals surface area contributed by atoms with E-state index in [-0.39, 0.29) is 33.8 Å². The van der Waals surface area contributed by atoms with Crippen LogP contribution in [-0.2, 0) is 32.5 Å². The molecule has 1 aromatic heterocycles. The number of aromatic nitrogens is 1. The van der Waals surface area contributed by atoms with E-state index >= 15 is 0 Å². The molecule has 0 fully saturated rings. The van der Waals surface area contributed by atoms with Crippen molar-refractivity contribution in [2.45, 2.75) is 136 Å². The first kappa shape index (κ1) is 73.0. The zero-order valence-electron chi connectivity index (χ0n) is 69.2. The van der Waals surface area contributed by atoms with Gasteiger partial charge in [0.05, 0.1) is 27.8 Å². The van der Waals surface area contributed by atoms with Crippen molar-refractivity contribution in [3.05, 3.63) is 384 Å². The SMILES string of the molecule is CC(C)(C)c1cc(-c2ccc3c(c2)N(c2c(-c4ccccc4)cc(C(C)(C)C)cc2-c2ccccc2)c2cc(C(C)(C)C)cc4c2B3c2ccc(-n3c5ccccc5c5cc6c(cc53)C(c3ccccc3)(c3ccccc3)c3ccccc3-6)cc2N4c2c(-c3ccccc3)cc(C(C)(C)C)cc2-c2ccccc2)cc(C(C)(C)C)c1. The van der Waals surface area contributed by atoms with Crippen molar-refractivity contribution in [2.24, 2.45) is 0 Å². The fourth-order valence-corrected chi connectivity index (χ4v) is 19.0. The van der Waals surface area contributed by atoms with Gasteiger partial charge in [-0.1, -0.05) is 365 Å². The van der Waals surface area contributed by atoms with E-state index in [4.69, 9.17) is 0 Å². The van der Waals surface area contributed by atoms with E-state index in [9.17, 15) is 0 Å². The highest BCUT2D eigenvalue weighted by Crippen LogP contribution is 2.60. The van der Waals surface area contributed by atoms with E-state index in [0.717, 1.165) is 67.4 Å². The molecule has 0 radical (unpaired) electrons. The van der Waals surface area contributed by atoms with Gasteiger partial charge in [-0.25, -0.2) is 0 Å². The number of nitrogens with zero attached hydrogens (tertiary/aromatic N) is 3. The van der Waals surface area contributed by atoms with Gasteiger partial charge in [-0.3, -0.25) is 0 Å². The van der Waals surface area contributed by atoms with Crippen LogP contribution in [0.2, 0.25) is 0 Å². The van der Waals surface area contributed by atoms with Gasteiger partial charge in [0.15, 0.2) is 0 Å². The fraction of sp³-hybridized carbons (Fsp3) is 0.189. The van der Waals surface area contributed by atoms with Crippen LogP contribution >= 0.6 is 0 Å². The molecule has 3 heterocycles. The molecule has 0 N–H and O–H groups in total. The Morgan fingerprint density at radius 2 is 0.626 bits per heavy atom. The lowest BCUT2D eigenvalue weighted by Gasteiger charge is -2.47. The van der Waals surface area contributed by atoms with Gasteiger partial charge in [0, 0.05) is 61.5 Å². The minimum absolute atomic E-state index is 0.108. The summed E-state index contributed by atoms with van der Waals surface area (Å²) >= 11 is 0. The average molecular weight is 1490 g/mol. The van der Waals surface area contributed by atoms with Gasteiger partial charge < -0.3 is 14.4 Å². The highest BCUT2D eigenvalue weighted by atomic mass is 15.2. The number of fused-ring (bicyclic) bond motifs is 10. The summed E-state index contributed by atoms with van der Waals surface area (Å²) in [6.07, 6.45) is 0. The first-order valence-corrected chi connectivity index (χ1v) is 41.3. The third-order valence-corrected chi connectivity index (χ3v) is 25.2. The molecule has 0 unspecified atom stereocenters. The minimum Gasteiger partial charge on any atom is -0.310 e. The maximum atomic E-state index is 2.76. The van der Waals surface area contributed by atoms with Crippen molar-refractivity contribution in [1.29, 1.82) is 0 Å². The molecule has 0 spiro atoms. The molecule has 0 saturated heterocycles. The van der Waals surface area contributed by atoms with E-state index in [0.29, 0.717) is 0 Å². The molecule has 19 rings (SSSR count). The highest BCUT2D eigenvalue weighted by Gasteiger charge is 2.49. The second-order valence-corrected chi connectivity index (χ2v) is 37.7. The maximum absolute atomic E-state index is 2.76. The van der Waals surface area contributed by atoms with Gasteiger partial charge >= 0.3 is 0 Å². The summed E-state index contributed by atoms with van der Waals surface area (Å²) in [7, 11) is 0. The molecule has 4 heteroatoms. The molecule has 0 bridgehead atoms. The Hall–Kier alpha value is -12.2. The lowest BCUT2D eigenvalue weighted by molar-refractivity contribution is 0.569. The summed E-state index contributed by atoms with van der Waals surface area (Å²) in [5, 5.41) is 2.43. The summed E-state index contributed by atoms with van der Waals surface area (Å²) < 4.78 is 2.61. The van der Waals surface area contributed by atoms with Gasteiger partial charge in [0.2, 0.25) is 0 Å².